The van der Waals surface area contributed by atoms with Crippen molar-refractivity contribution in [1.82, 2.24) is 19.8 Å². The van der Waals surface area contributed by atoms with Crippen molar-refractivity contribution < 1.29 is 0 Å². The van der Waals surface area contributed by atoms with E-state index in [9.17, 15) is 0 Å². The molecule has 0 N–H and O–H groups in total. The molecule has 1 atom stereocenters. The highest BCUT2D eigenvalue weighted by atomic mass is 35.5. The fraction of sp³-hybridized carbons (Fsp3) is 0.636. The van der Waals surface area contributed by atoms with Crippen LogP contribution in [0, 0.1) is 6.92 Å². The van der Waals surface area contributed by atoms with Gasteiger partial charge in [-0.3, -0.25) is 9.80 Å². The Bertz CT molecular complexity index is 381. The van der Waals surface area contributed by atoms with Crippen LogP contribution in [-0.2, 0) is 0 Å². The van der Waals surface area contributed by atoms with Crippen LogP contribution in [0.5, 0.6) is 0 Å². The number of aromatic nitrogens is 2. The van der Waals surface area contributed by atoms with E-state index < -0.39 is 0 Å². The predicted octanol–water partition coefficient (Wildman–Crippen LogP) is 1.11. The molecule has 0 spiro atoms. The summed E-state index contributed by atoms with van der Waals surface area (Å²) in [4.78, 5) is 13.8. The maximum Gasteiger partial charge on any atom is 0.148 e. The maximum absolute atomic E-state index is 5.99. The van der Waals surface area contributed by atoms with Gasteiger partial charge in [0.15, 0.2) is 0 Å². The molecule has 16 heavy (non-hydrogen) atoms. The van der Waals surface area contributed by atoms with Crippen molar-refractivity contribution in [1.29, 1.82) is 0 Å². The van der Waals surface area contributed by atoms with Gasteiger partial charge in [-0.1, -0.05) is 11.6 Å². The summed E-state index contributed by atoms with van der Waals surface area (Å²) in [5.74, 6) is 0.884. The summed E-state index contributed by atoms with van der Waals surface area (Å²) in [5, 5.41) is 0.556. The summed E-state index contributed by atoms with van der Waals surface area (Å²) in [5.41, 5.74) is 0.952. The van der Waals surface area contributed by atoms with Gasteiger partial charge in [-0.15, -0.1) is 0 Å². The van der Waals surface area contributed by atoms with Crippen molar-refractivity contribution in [3.8, 4) is 0 Å². The summed E-state index contributed by atoms with van der Waals surface area (Å²) in [6.45, 7) is 7.61. The van der Waals surface area contributed by atoms with Gasteiger partial charge in [0.25, 0.3) is 0 Å². The zero-order valence-electron chi connectivity index (χ0n) is 9.36. The van der Waals surface area contributed by atoms with E-state index in [2.05, 4.69) is 19.8 Å². The summed E-state index contributed by atoms with van der Waals surface area (Å²) < 4.78 is 0. The molecule has 0 aromatic carbocycles. The molecule has 4 rings (SSSR count). The fourth-order valence-electron chi connectivity index (χ4n) is 2.56. The molecule has 86 valence electrons. The Morgan fingerprint density at radius 1 is 1.25 bits per heavy atom. The largest absolute Gasteiger partial charge is 0.299 e. The van der Waals surface area contributed by atoms with Gasteiger partial charge in [0.05, 0.1) is 6.04 Å². The van der Waals surface area contributed by atoms with Crippen molar-refractivity contribution in [2.45, 2.75) is 13.0 Å². The molecule has 3 saturated heterocycles. The lowest BCUT2D eigenvalue weighted by molar-refractivity contribution is 0.00859. The number of fused-ring (bicyclic) bond motifs is 3. The molecule has 0 aliphatic carbocycles. The first kappa shape index (κ1) is 10.4. The summed E-state index contributed by atoms with van der Waals surface area (Å²) in [7, 11) is 0. The van der Waals surface area contributed by atoms with Crippen LogP contribution >= 0.6 is 11.6 Å². The Labute approximate surface area is 100 Å². The molecule has 0 radical (unpaired) electrons. The van der Waals surface area contributed by atoms with Gasteiger partial charge < -0.3 is 0 Å². The van der Waals surface area contributed by atoms with Gasteiger partial charge in [-0.2, -0.15) is 0 Å². The normalized spacial score (nSPS) is 33.0. The minimum Gasteiger partial charge on any atom is -0.299 e. The third-order valence-electron chi connectivity index (χ3n) is 3.42. The van der Waals surface area contributed by atoms with E-state index in [-0.39, 0.29) is 0 Å². The SMILES string of the molecule is Cc1cc(Cl)nc(C2CN3CCN2CC3)n1. The van der Waals surface area contributed by atoms with E-state index >= 15 is 0 Å². The van der Waals surface area contributed by atoms with Crippen LogP contribution in [0.2, 0.25) is 5.15 Å². The molecule has 1 aromatic rings. The smallest absolute Gasteiger partial charge is 0.148 e. The minimum atomic E-state index is 0.333. The van der Waals surface area contributed by atoms with Crippen LogP contribution in [-0.4, -0.2) is 52.5 Å². The monoisotopic (exact) mass is 238 g/mol. The standard InChI is InChI=1S/C11H15ClN4/c1-8-6-10(12)14-11(13-8)9-7-15-2-4-16(9)5-3-15/h6,9H,2-5,7H2,1H3. The third-order valence-corrected chi connectivity index (χ3v) is 3.61. The quantitative estimate of drug-likeness (QED) is 0.687. The Morgan fingerprint density at radius 2 is 2.00 bits per heavy atom. The van der Waals surface area contributed by atoms with Crippen LogP contribution < -0.4 is 0 Å². The second-order valence-corrected chi connectivity index (χ2v) is 4.93. The van der Waals surface area contributed by atoms with Gasteiger partial charge in [0.2, 0.25) is 0 Å². The number of nitrogens with zero attached hydrogens (tertiary/aromatic N) is 4. The van der Waals surface area contributed by atoms with Gasteiger partial charge in [-0.05, 0) is 13.0 Å². The van der Waals surface area contributed by atoms with Gasteiger partial charge in [-0.25, -0.2) is 9.97 Å². The van der Waals surface area contributed by atoms with Gasteiger partial charge >= 0.3 is 0 Å². The lowest BCUT2D eigenvalue weighted by Gasteiger charge is -2.46. The minimum absolute atomic E-state index is 0.333. The fourth-order valence-corrected chi connectivity index (χ4v) is 2.81. The highest BCUT2D eigenvalue weighted by Crippen LogP contribution is 2.27. The molecule has 3 aliphatic rings. The van der Waals surface area contributed by atoms with Crippen molar-refractivity contribution >= 4 is 11.6 Å². The van der Waals surface area contributed by atoms with Crippen molar-refractivity contribution in [2.75, 3.05) is 32.7 Å². The molecule has 5 heteroatoms. The Hall–Kier alpha value is -0.710. The summed E-state index contributed by atoms with van der Waals surface area (Å²) in [6.07, 6.45) is 0. The Kier molecular flexibility index (Phi) is 2.58. The van der Waals surface area contributed by atoms with E-state index in [1.807, 2.05) is 13.0 Å². The first-order chi connectivity index (χ1) is 7.72. The second-order valence-electron chi connectivity index (χ2n) is 4.54. The molecule has 1 aromatic heterocycles. The molecule has 1 unspecified atom stereocenters. The number of hydrogen-bond acceptors (Lipinski definition) is 4. The first-order valence-electron chi connectivity index (χ1n) is 5.70. The van der Waals surface area contributed by atoms with Crippen LogP contribution in [0.4, 0.5) is 0 Å². The molecule has 2 bridgehead atoms. The number of aryl methyl sites for hydroxylation is 1. The predicted molar refractivity (Wildman–Crippen MR) is 62.5 cm³/mol. The van der Waals surface area contributed by atoms with E-state index in [4.69, 9.17) is 11.6 Å². The van der Waals surface area contributed by atoms with Crippen LogP contribution in [0.15, 0.2) is 6.07 Å². The maximum atomic E-state index is 5.99. The van der Waals surface area contributed by atoms with Crippen molar-refractivity contribution in [2.24, 2.45) is 0 Å². The van der Waals surface area contributed by atoms with E-state index in [0.717, 1.165) is 31.2 Å². The number of halogens is 1. The lowest BCUT2D eigenvalue weighted by Crippen LogP contribution is -2.57. The second kappa shape index (κ2) is 3.95. The molecule has 4 heterocycles. The average molecular weight is 239 g/mol. The topological polar surface area (TPSA) is 32.3 Å². The van der Waals surface area contributed by atoms with E-state index in [1.54, 1.807) is 0 Å². The molecule has 3 aliphatic heterocycles. The van der Waals surface area contributed by atoms with Crippen LogP contribution in [0.3, 0.4) is 0 Å². The highest BCUT2D eigenvalue weighted by molar-refractivity contribution is 6.29. The summed E-state index contributed by atoms with van der Waals surface area (Å²) >= 11 is 5.99. The first-order valence-corrected chi connectivity index (χ1v) is 6.07. The highest BCUT2D eigenvalue weighted by Gasteiger charge is 2.34. The third kappa shape index (κ3) is 1.81. The molecule has 0 amide bonds. The Morgan fingerprint density at radius 3 is 2.56 bits per heavy atom. The molecule has 0 saturated carbocycles. The molecular weight excluding hydrogens is 224 g/mol. The van der Waals surface area contributed by atoms with Gasteiger partial charge in [0, 0.05) is 38.4 Å². The molecule has 4 nitrogen and oxygen atoms in total. The lowest BCUT2D eigenvalue weighted by atomic mass is 10.1. The molecular formula is C11H15ClN4. The summed E-state index contributed by atoms with van der Waals surface area (Å²) in [6, 6.07) is 2.14. The van der Waals surface area contributed by atoms with Crippen molar-refractivity contribution in [3.05, 3.63) is 22.7 Å². The Balaban J connectivity index is 1.91. The molecule has 3 fully saturated rings. The number of rotatable bonds is 1. The number of piperazine rings is 3. The average Bonchev–Trinajstić information content (AvgIpc) is 2.29. The number of hydrogen-bond donors (Lipinski definition) is 0. The van der Waals surface area contributed by atoms with Crippen LogP contribution in [0.25, 0.3) is 0 Å². The zero-order chi connectivity index (χ0) is 11.1. The van der Waals surface area contributed by atoms with E-state index in [0.29, 0.717) is 11.2 Å². The van der Waals surface area contributed by atoms with Crippen LogP contribution in [0.1, 0.15) is 17.6 Å². The van der Waals surface area contributed by atoms with E-state index in [1.165, 1.54) is 13.1 Å². The zero-order valence-corrected chi connectivity index (χ0v) is 10.1. The van der Waals surface area contributed by atoms with Crippen molar-refractivity contribution in [3.63, 3.8) is 0 Å². The van der Waals surface area contributed by atoms with Gasteiger partial charge in [0.1, 0.15) is 11.0 Å².